The molecule has 116 valence electrons. The molecule has 0 saturated carbocycles. The van der Waals surface area contributed by atoms with Crippen molar-refractivity contribution in [3.8, 4) is 0 Å². The van der Waals surface area contributed by atoms with E-state index in [0.717, 1.165) is 54.8 Å². The van der Waals surface area contributed by atoms with Gasteiger partial charge in [-0.3, -0.25) is 10.1 Å². The van der Waals surface area contributed by atoms with Crippen LogP contribution >= 0.6 is 22.6 Å². The zero-order chi connectivity index (χ0) is 15.1. The zero-order valence-corrected chi connectivity index (χ0v) is 14.0. The zero-order valence-electron chi connectivity index (χ0n) is 11.8. The Morgan fingerprint density at radius 1 is 1.43 bits per heavy atom. The molecule has 1 heterocycles. The summed E-state index contributed by atoms with van der Waals surface area (Å²) in [6.07, 6.45) is 3.50. The number of anilines is 1. The van der Waals surface area contributed by atoms with Crippen molar-refractivity contribution in [1.29, 1.82) is 0 Å². The summed E-state index contributed by atoms with van der Waals surface area (Å²) in [5.74, 6) is 0. The van der Waals surface area contributed by atoms with Crippen LogP contribution in [0.4, 0.5) is 11.4 Å². The number of nitrogens with one attached hydrogen (secondary N) is 2. The highest BCUT2D eigenvalue weighted by Gasteiger charge is 2.12. The number of nitro benzene ring substituents is 1. The molecule has 1 aliphatic rings. The highest BCUT2D eigenvalue weighted by atomic mass is 127. The van der Waals surface area contributed by atoms with Crippen LogP contribution in [0.25, 0.3) is 0 Å². The molecule has 1 saturated heterocycles. The van der Waals surface area contributed by atoms with Gasteiger partial charge in [-0.1, -0.05) is 0 Å². The van der Waals surface area contributed by atoms with Gasteiger partial charge in [0.05, 0.1) is 11.0 Å². The van der Waals surface area contributed by atoms with E-state index in [1.807, 2.05) is 0 Å². The van der Waals surface area contributed by atoms with Gasteiger partial charge in [0, 0.05) is 34.5 Å². The van der Waals surface area contributed by atoms with E-state index in [9.17, 15) is 10.1 Å². The molecule has 7 heteroatoms. The van der Waals surface area contributed by atoms with Crippen LogP contribution in [-0.4, -0.2) is 37.3 Å². The SMILES string of the molecule is O=[N+]([O-])c1ccc(NCCCOC2CCNCC2)c(I)c1. The summed E-state index contributed by atoms with van der Waals surface area (Å²) in [7, 11) is 0. The maximum absolute atomic E-state index is 10.7. The summed E-state index contributed by atoms with van der Waals surface area (Å²) >= 11 is 2.11. The highest BCUT2D eigenvalue weighted by molar-refractivity contribution is 14.1. The molecular weight excluding hydrogens is 385 g/mol. The number of piperidine rings is 1. The number of non-ortho nitro benzene ring substituents is 1. The Labute approximate surface area is 137 Å². The molecule has 0 atom stereocenters. The Balaban J connectivity index is 1.67. The Morgan fingerprint density at radius 2 is 2.19 bits per heavy atom. The van der Waals surface area contributed by atoms with Gasteiger partial charge in [-0.15, -0.1) is 0 Å². The lowest BCUT2D eigenvalue weighted by molar-refractivity contribution is -0.384. The Bertz CT molecular complexity index is 479. The molecule has 0 aromatic heterocycles. The average molecular weight is 405 g/mol. The summed E-state index contributed by atoms with van der Waals surface area (Å²) < 4.78 is 6.69. The van der Waals surface area contributed by atoms with Crippen LogP contribution in [0.5, 0.6) is 0 Å². The predicted octanol–water partition coefficient (Wildman–Crippen LogP) is 2.77. The van der Waals surface area contributed by atoms with Crippen LogP contribution < -0.4 is 10.6 Å². The van der Waals surface area contributed by atoms with E-state index in [-0.39, 0.29) is 10.6 Å². The normalized spacial score (nSPS) is 15.9. The first kappa shape index (κ1) is 16.4. The fourth-order valence-electron chi connectivity index (χ4n) is 2.27. The topological polar surface area (TPSA) is 76.4 Å². The van der Waals surface area contributed by atoms with Crippen molar-refractivity contribution in [2.45, 2.75) is 25.4 Å². The van der Waals surface area contributed by atoms with Crippen LogP contribution in [-0.2, 0) is 4.74 Å². The molecule has 0 spiro atoms. The summed E-state index contributed by atoms with van der Waals surface area (Å²) in [5.41, 5.74) is 1.06. The molecule has 1 fully saturated rings. The number of ether oxygens (including phenoxy) is 1. The maximum Gasteiger partial charge on any atom is 0.270 e. The molecule has 21 heavy (non-hydrogen) atoms. The molecule has 0 bridgehead atoms. The molecular formula is C14H20IN3O3. The van der Waals surface area contributed by atoms with Gasteiger partial charge in [-0.05, 0) is 61.0 Å². The van der Waals surface area contributed by atoms with Gasteiger partial charge in [-0.25, -0.2) is 0 Å². The number of benzene rings is 1. The van der Waals surface area contributed by atoms with E-state index in [1.54, 1.807) is 12.1 Å². The Kier molecular flexibility index (Phi) is 6.65. The third-order valence-corrected chi connectivity index (χ3v) is 4.33. The number of nitro groups is 1. The molecule has 6 nitrogen and oxygen atoms in total. The lowest BCUT2D eigenvalue weighted by Crippen LogP contribution is -2.32. The van der Waals surface area contributed by atoms with Gasteiger partial charge in [0.2, 0.25) is 0 Å². The minimum Gasteiger partial charge on any atom is -0.384 e. The quantitative estimate of drug-likeness (QED) is 0.316. The van der Waals surface area contributed by atoms with Crippen molar-refractivity contribution in [1.82, 2.24) is 5.32 Å². The van der Waals surface area contributed by atoms with E-state index >= 15 is 0 Å². The van der Waals surface area contributed by atoms with Gasteiger partial charge < -0.3 is 15.4 Å². The molecule has 0 unspecified atom stereocenters. The van der Waals surface area contributed by atoms with Crippen molar-refractivity contribution >= 4 is 34.0 Å². The van der Waals surface area contributed by atoms with Crippen molar-refractivity contribution in [3.63, 3.8) is 0 Å². The van der Waals surface area contributed by atoms with Crippen LogP contribution in [0.15, 0.2) is 18.2 Å². The lowest BCUT2D eigenvalue weighted by atomic mass is 10.1. The smallest absolute Gasteiger partial charge is 0.270 e. The van der Waals surface area contributed by atoms with Crippen LogP contribution in [0.3, 0.4) is 0 Å². The largest absolute Gasteiger partial charge is 0.384 e. The third kappa shape index (κ3) is 5.40. The highest BCUT2D eigenvalue weighted by Crippen LogP contribution is 2.23. The molecule has 2 N–H and O–H groups in total. The van der Waals surface area contributed by atoms with E-state index in [1.165, 1.54) is 6.07 Å². The van der Waals surface area contributed by atoms with E-state index in [0.29, 0.717) is 6.10 Å². The number of halogens is 1. The minimum absolute atomic E-state index is 0.124. The van der Waals surface area contributed by atoms with E-state index < -0.39 is 0 Å². The van der Waals surface area contributed by atoms with E-state index in [4.69, 9.17) is 4.74 Å². The molecule has 2 rings (SSSR count). The lowest BCUT2D eigenvalue weighted by Gasteiger charge is -2.23. The first-order valence-corrected chi connectivity index (χ1v) is 8.25. The van der Waals surface area contributed by atoms with Gasteiger partial charge in [0.15, 0.2) is 0 Å². The molecule has 0 aliphatic carbocycles. The summed E-state index contributed by atoms with van der Waals surface area (Å²) in [5, 5.41) is 17.3. The fraction of sp³-hybridized carbons (Fsp3) is 0.571. The monoisotopic (exact) mass is 405 g/mol. The molecule has 1 aliphatic heterocycles. The Hall–Kier alpha value is -0.930. The number of rotatable bonds is 7. The molecule has 0 radical (unpaired) electrons. The van der Waals surface area contributed by atoms with Crippen molar-refractivity contribution in [3.05, 3.63) is 31.9 Å². The molecule has 0 amide bonds. The number of hydrogen-bond donors (Lipinski definition) is 2. The van der Waals surface area contributed by atoms with Crippen LogP contribution in [0.1, 0.15) is 19.3 Å². The second-order valence-corrected chi connectivity index (χ2v) is 6.18. The van der Waals surface area contributed by atoms with Gasteiger partial charge in [0.25, 0.3) is 5.69 Å². The summed E-state index contributed by atoms with van der Waals surface area (Å²) in [6.45, 7) is 3.65. The Morgan fingerprint density at radius 3 is 2.86 bits per heavy atom. The minimum atomic E-state index is -0.376. The predicted molar refractivity (Wildman–Crippen MR) is 90.8 cm³/mol. The van der Waals surface area contributed by atoms with Gasteiger partial charge in [0.1, 0.15) is 0 Å². The summed E-state index contributed by atoms with van der Waals surface area (Å²) in [4.78, 5) is 10.3. The van der Waals surface area contributed by atoms with Crippen molar-refractivity contribution in [2.24, 2.45) is 0 Å². The second-order valence-electron chi connectivity index (χ2n) is 5.02. The molecule has 1 aromatic carbocycles. The first-order valence-electron chi connectivity index (χ1n) is 7.17. The van der Waals surface area contributed by atoms with Crippen LogP contribution in [0.2, 0.25) is 0 Å². The summed E-state index contributed by atoms with van der Waals surface area (Å²) in [6, 6.07) is 4.86. The average Bonchev–Trinajstić information content (AvgIpc) is 2.49. The molecule has 1 aromatic rings. The van der Waals surface area contributed by atoms with Crippen molar-refractivity contribution in [2.75, 3.05) is 31.6 Å². The number of nitrogens with zero attached hydrogens (tertiary/aromatic N) is 1. The number of hydrogen-bond acceptors (Lipinski definition) is 5. The second kappa shape index (κ2) is 8.50. The third-order valence-electron chi connectivity index (χ3n) is 3.44. The standard InChI is InChI=1S/C14H20IN3O3/c15-13-10-11(18(19)20)2-3-14(13)17-6-1-9-21-12-4-7-16-8-5-12/h2-3,10,12,16-17H,1,4-9H2. The van der Waals surface area contributed by atoms with Gasteiger partial charge >= 0.3 is 0 Å². The van der Waals surface area contributed by atoms with Crippen molar-refractivity contribution < 1.29 is 9.66 Å². The van der Waals surface area contributed by atoms with E-state index in [2.05, 4.69) is 33.2 Å². The fourth-order valence-corrected chi connectivity index (χ4v) is 2.96. The van der Waals surface area contributed by atoms with Gasteiger partial charge in [-0.2, -0.15) is 0 Å². The first-order chi connectivity index (χ1) is 10.2. The van der Waals surface area contributed by atoms with Crippen LogP contribution in [0, 0.1) is 13.7 Å². The maximum atomic E-state index is 10.7.